The molecule has 0 heterocycles. The van der Waals surface area contributed by atoms with Crippen LogP contribution in [0.2, 0.25) is 5.02 Å². The highest BCUT2D eigenvalue weighted by Crippen LogP contribution is 2.09. The molecular weight excluding hydrogens is 252 g/mol. The lowest BCUT2D eigenvalue weighted by Gasteiger charge is -2.13. The molecule has 0 aliphatic heterocycles. The molecular formula is C13H19ClN2O2. The maximum absolute atomic E-state index is 11.5. The molecule has 18 heavy (non-hydrogen) atoms. The molecule has 1 aromatic rings. The second-order valence-corrected chi connectivity index (χ2v) is 4.59. The van der Waals surface area contributed by atoms with Crippen molar-refractivity contribution >= 4 is 17.5 Å². The Labute approximate surface area is 113 Å². The zero-order chi connectivity index (χ0) is 13.4. The van der Waals surface area contributed by atoms with Gasteiger partial charge in [-0.15, -0.1) is 0 Å². The number of amides is 1. The number of nitrogens with one attached hydrogen (secondary N) is 2. The molecule has 0 aromatic heterocycles. The molecule has 1 amide bonds. The van der Waals surface area contributed by atoms with E-state index in [9.17, 15) is 4.79 Å². The first-order valence-corrected chi connectivity index (χ1v) is 6.23. The topological polar surface area (TPSA) is 50.4 Å². The largest absolute Gasteiger partial charge is 0.383 e. The zero-order valence-electron chi connectivity index (χ0n) is 10.7. The Kier molecular flexibility index (Phi) is 6.72. The van der Waals surface area contributed by atoms with E-state index >= 15 is 0 Å². The van der Waals surface area contributed by atoms with Gasteiger partial charge in [-0.3, -0.25) is 4.79 Å². The second-order valence-electron chi connectivity index (χ2n) is 4.16. The smallest absolute Gasteiger partial charge is 0.234 e. The summed E-state index contributed by atoms with van der Waals surface area (Å²) in [5.74, 6) is -0.0402. The van der Waals surface area contributed by atoms with Crippen molar-refractivity contribution in [3.63, 3.8) is 0 Å². The highest BCUT2D eigenvalue weighted by Gasteiger charge is 2.06. The van der Waals surface area contributed by atoms with Crippen molar-refractivity contribution in [2.45, 2.75) is 19.5 Å². The summed E-state index contributed by atoms with van der Waals surface area (Å²) in [6, 6.07) is 7.57. The average molecular weight is 271 g/mol. The van der Waals surface area contributed by atoms with Gasteiger partial charge in [0.25, 0.3) is 0 Å². The number of hydrogen-bond acceptors (Lipinski definition) is 3. The van der Waals surface area contributed by atoms with E-state index < -0.39 is 0 Å². The van der Waals surface area contributed by atoms with Gasteiger partial charge in [0.05, 0.1) is 13.2 Å². The first-order valence-electron chi connectivity index (χ1n) is 5.85. The third-order valence-corrected chi connectivity index (χ3v) is 2.56. The number of halogens is 1. The van der Waals surface area contributed by atoms with E-state index in [0.717, 1.165) is 5.56 Å². The van der Waals surface area contributed by atoms with Crippen LogP contribution in [0.25, 0.3) is 0 Å². The molecule has 1 atom stereocenters. The van der Waals surface area contributed by atoms with Crippen LogP contribution in [0.4, 0.5) is 0 Å². The number of methoxy groups -OCH3 is 1. The Morgan fingerprint density at radius 3 is 2.94 bits per heavy atom. The number of carbonyl (C=O) groups excluding carboxylic acids is 1. The Hall–Kier alpha value is -1.10. The lowest BCUT2D eigenvalue weighted by atomic mass is 10.2. The Balaban J connectivity index is 2.23. The maximum Gasteiger partial charge on any atom is 0.234 e. The van der Waals surface area contributed by atoms with Gasteiger partial charge in [0.15, 0.2) is 0 Å². The molecule has 4 nitrogen and oxygen atoms in total. The molecule has 1 aromatic carbocycles. The van der Waals surface area contributed by atoms with Crippen LogP contribution in [0.1, 0.15) is 12.5 Å². The highest BCUT2D eigenvalue weighted by atomic mass is 35.5. The fourth-order valence-corrected chi connectivity index (χ4v) is 1.80. The third kappa shape index (κ3) is 6.00. The fourth-order valence-electron chi connectivity index (χ4n) is 1.58. The number of benzene rings is 1. The molecule has 0 radical (unpaired) electrons. The molecule has 0 aliphatic rings. The highest BCUT2D eigenvalue weighted by molar-refractivity contribution is 6.30. The molecule has 0 bridgehead atoms. The predicted molar refractivity (Wildman–Crippen MR) is 72.6 cm³/mol. The molecule has 0 aliphatic carbocycles. The minimum Gasteiger partial charge on any atom is -0.383 e. The van der Waals surface area contributed by atoms with Crippen molar-refractivity contribution < 1.29 is 9.53 Å². The van der Waals surface area contributed by atoms with Crippen LogP contribution in [0, 0.1) is 0 Å². The van der Waals surface area contributed by atoms with Crippen molar-refractivity contribution in [3.05, 3.63) is 34.9 Å². The second kappa shape index (κ2) is 8.08. The van der Waals surface area contributed by atoms with Gasteiger partial charge < -0.3 is 15.4 Å². The summed E-state index contributed by atoms with van der Waals surface area (Å²) in [6.45, 7) is 3.31. The maximum atomic E-state index is 11.5. The molecule has 1 unspecified atom stereocenters. The Morgan fingerprint density at radius 1 is 1.50 bits per heavy atom. The molecule has 0 fully saturated rings. The molecule has 0 spiro atoms. The summed E-state index contributed by atoms with van der Waals surface area (Å²) in [7, 11) is 1.61. The Bertz CT molecular complexity index is 385. The van der Waals surface area contributed by atoms with Gasteiger partial charge in [0, 0.05) is 24.7 Å². The van der Waals surface area contributed by atoms with E-state index in [4.69, 9.17) is 16.3 Å². The van der Waals surface area contributed by atoms with Gasteiger partial charge >= 0.3 is 0 Å². The van der Waals surface area contributed by atoms with Gasteiger partial charge in [-0.2, -0.15) is 0 Å². The van der Waals surface area contributed by atoms with Crippen LogP contribution in [-0.2, 0) is 16.1 Å². The lowest BCUT2D eigenvalue weighted by Crippen LogP contribution is -2.40. The first-order chi connectivity index (χ1) is 8.61. The molecule has 1 rings (SSSR count). The van der Waals surface area contributed by atoms with Gasteiger partial charge in [-0.25, -0.2) is 0 Å². The molecule has 2 N–H and O–H groups in total. The van der Waals surface area contributed by atoms with E-state index in [1.807, 2.05) is 31.2 Å². The molecule has 5 heteroatoms. The summed E-state index contributed by atoms with van der Waals surface area (Å²) in [6.07, 6.45) is 0. The summed E-state index contributed by atoms with van der Waals surface area (Å²) in [5, 5.41) is 6.59. The quantitative estimate of drug-likeness (QED) is 0.791. The number of rotatable bonds is 7. The minimum absolute atomic E-state index is 0.0236. The zero-order valence-corrected chi connectivity index (χ0v) is 11.5. The number of ether oxygens (including phenoxy) is 1. The van der Waals surface area contributed by atoms with E-state index in [-0.39, 0.29) is 18.5 Å². The third-order valence-electron chi connectivity index (χ3n) is 2.33. The lowest BCUT2D eigenvalue weighted by molar-refractivity contribution is -0.121. The summed E-state index contributed by atoms with van der Waals surface area (Å²) in [4.78, 5) is 11.5. The molecule has 0 saturated carbocycles. The van der Waals surface area contributed by atoms with E-state index in [0.29, 0.717) is 18.2 Å². The van der Waals surface area contributed by atoms with Gasteiger partial charge in [0.1, 0.15) is 0 Å². The minimum atomic E-state index is -0.0402. The van der Waals surface area contributed by atoms with Crippen molar-refractivity contribution in [2.24, 2.45) is 0 Å². The SMILES string of the molecule is COCC(C)NC(=O)CNCc1cccc(Cl)c1. The summed E-state index contributed by atoms with van der Waals surface area (Å²) >= 11 is 5.87. The van der Waals surface area contributed by atoms with E-state index in [2.05, 4.69) is 10.6 Å². The van der Waals surface area contributed by atoms with Gasteiger partial charge in [-0.1, -0.05) is 23.7 Å². The first kappa shape index (κ1) is 15.0. The standard InChI is InChI=1S/C13H19ClN2O2/c1-10(9-18-2)16-13(17)8-15-7-11-4-3-5-12(14)6-11/h3-6,10,15H,7-9H2,1-2H3,(H,16,17). The average Bonchev–Trinajstić information content (AvgIpc) is 2.29. The van der Waals surface area contributed by atoms with Crippen LogP contribution in [-0.4, -0.2) is 32.2 Å². The normalized spacial score (nSPS) is 12.2. The van der Waals surface area contributed by atoms with Crippen molar-refractivity contribution in [2.75, 3.05) is 20.3 Å². The van der Waals surface area contributed by atoms with Crippen LogP contribution < -0.4 is 10.6 Å². The number of carbonyl (C=O) groups is 1. The van der Waals surface area contributed by atoms with E-state index in [1.54, 1.807) is 7.11 Å². The summed E-state index contributed by atoms with van der Waals surface area (Å²) in [5.41, 5.74) is 1.06. The van der Waals surface area contributed by atoms with Crippen LogP contribution in [0.15, 0.2) is 24.3 Å². The van der Waals surface area contributed by atoms with Crippen LogP contribution in [0.5, 0.6) is 0 Å². The van der Waals surface area contributed by atoms with Crippen molar-refractivity contribution in [1.82, 2.24) is 10.6 Å². The fraction of sp³-hybridized carbons (Fsp3) is 0.462. The molecule has 100 valence electrons. The molecule has 0 saturated heterocycles. The predicted octanol–water partition coefficient (Wildman–Crippen LogP) is 1.58. The summed E-state index contributed by atoms with van der Waals surface area (Å²) < 4.78 is 4.94. The Morgan fingerprint density at radius 2 is 2.28 bits per heavy atom. The van der Waals surface area contributed by atoms with E-state index in [1.165, 1.54) is 0 Å². The van der Waals surface area contributed by atoms with Gasteiger partial charge in [-0.05, 0) is 24.6 Å². The van der Waals surface area contributed by atoms with Crippen molar-refractivity contribution in [1.29, 1.82) is 0 Å². The monoisotopic (exact) mass is 270 g/mol. The van der Waals surface area contributed by atoms with Crippen LogP contribution >= 0.6 is 11.6 Å². The number of hydrogen-bond donors (Lipinski definition) is 2. The van der Waals surface area contributed by atoms with Crippen LogP contribution in [0.3, 0.4) is 0 Å². The van der Waals surface area contributed by atoms with Crippen molar-refractivity contribution in [3.8, 4) is 0 Å². The van der Waals surface area contributed by atoms with Gasteiger partial charge in [0.2, 0.25) is 5.91 Å².